The van der Waals surface area contributed by atoms with E-state index in [0.29, 0.717) is 5.95 Å². The van der Waals surface area contributed by atoms with Crippen LogP contribution in [0.2, 0.25) is 0 Å². The van der Waals surface area contributed by atoms with Gasteiger partial charge < -0.3 is 25.1 Å². The Morgan fingerprint density at radius 3 is 2.67 bits per heavy atom. The van der Waals surface area contributed by atoms with Gasteiger partial charge in [-0.15, -0.1) is 0 Å². The maximum atomic E-state index is 5.70. The molecular weight excluding hydrogens is 380 g/mol. The van der Waals surface area contributed by atoms with Crippen molar-refractivity contribution in [1.29, 1.82) is 0 Å². The second kappa shape index (κ2) is 8.06. The summed E-state index contributed by atoms with van der Waals surface area (Å²) in [7, 11) is 5.19. The Balaban J connectivity index is 1.73. The molecule has 0 fully saturated rings. The third-order valence-electron chi connectivity index (χ3n) is 5.18. The van der Waals surface area contributed by atoms with Gasteiger partial charge in [0.15, 0.2) is 0 Å². The van der Waals surface area contributed by atoms with Gasteiger partial charge in [0.1, 0.15) is 23.2 Å². The SMILES string of the molecule is CNc1cc(C)nc(NC2=CC(c3nc4ccc(OC)cc4[nH]3)=C(OC)CC2C)n1. The summed E-state index contributed by atoms with van der Waals surface area (Å²) in [5, 5.41) is 6.46. The fraction of sp³-hybridized carbons (Fsp3) is 0.318. The first-order valence-corrected chi connectivity index (χ1v) is 9.84. The van der Waals surface area contributed by atoms with E-state index in [1.54, 1.807) is 14.2 Å². The molecule has 1 atom stereocenters. The lowest BCUT2D eigenvalue weighted by Gasteiger charge is -2.24. The monoisotopic (exact) mass is 406 g/mol. The first-order valence-electron chi connectivity index (χ1n) is 9.84. The highest BCUT2D eigenvalue weighted by Gasteiger charge is 2.24. The third kappa shape index (κ3) is 3.80. The Kier molecular flexibility index (Phi) is 5.31. The number of hydrogen-bond donors (Lipinski definition) is 3. The molecule has 1 aromatic carbocycles. The van der Waals surface area contributed by atoms with Gasteiger partial charge in [-0.05, 0) is 25.1 Å². The zero-order chi connectivity index (χ0) is 21.3. The number of aryl methyl sites for hydroxylation is 1. The summed E-state index contributed by atoms with van der Waals surface area (Å²) in [6, 6.07) is 7.68. The molecule has 8 heteroatoms. The molecule has 0 aliphatic heterocycles. The Morgan fingerprint density at radius 1 is 1.10 bits per heavy atom. The molecule has 3 aromatic rings. The van der Waals surface area contributed by atoms with E-state index in [2.05, 4.69) is 38.6 Å². The van der Waals surface area contributed by atoms with Crippen LogP contribution in [0.3, 0.4) is 0 Å². The zero-order valence-corrected chi connectivity index (χ0v) is 17.8. The first kappa shape index (κ1) is 19.8. The fourth-order valence-corrected chi connectivity index (χ4v) is 3.55. The number of aromatic nitrogens is 4. The van der Waals surface area contributed by atoms with Gasteiger partial charge in [0.25, 0.3) is 0 Å². The number of allylic oxidation sites excluding steroid dienone is 4. The molecular formula is C22H26N6O2. The molecule has 0 spiro atoms. The van der Waals surface area contributed by atoms with Crippen LogP contribution in [0.15, 0.2) is 41.8 Å². The number of methoxy groups -OCH3 is 2. The fourth-order valence-electron chi connectivity index (χ4n) is 3.55. The van der Waals surface area contributed by atoms with Crippen molar-refractivity contribution >= 4 is 28.4 Å². The van der Waals surface area contributed by atoms with Gasteiger partial charge in [-0.25, -0.2) is 9.97 Å². The van der Waals surface area contributed by atoms with Crippen LogP contribution in [0.25, 0.3) is 16.6 Å². The summed E-state index contributed by atoms with van der Waals surface area (Å²) < 4.78 is 11.0. The van der Waals surface area contributed by atoms with E-state index in [1.165, 1.54) is 0 Å². The van der Waals surface area contributed by atoms with E-state index in [0.717, 1.165) is 57.6 Å². The van der Waals surface area contributed by atoms with Crippen LogP contribution in [-0.4, -0.2) is 41.2 Å². The number of aromatic amines is 1. The van der Waals surface area contributed by atoms with Crippen molar-refractivity contribution in [2.45, 2.75) is 20.3 Å². The van der Waals surface area contributed by atoms with Crippen molar-refractivity contribution in [2.75, 3.05) is 31.9 Å². The van der Waals surface area contributed by atoms with E-state index in [9.17, 15) is 0 Å². The van der Waals surface area contributed by atoms with Gasteiger partial charge in [-0.1, -0.05) is 6.92 Å². The van der Waals surface area contributed by atoms with Crippen LogP contribution in [-0.2, 0) is 4.74 Å². The van der Waals surface area contributed by atoms with Crippen molar-refractivity contribution in [3.05, 3.63) is 53.3 Å². The number of anilines is 2. The van der Waals surface area contributed by atoms with Gasteiger partial charge in [-0.3, -0.25) is 0 Å². The van der Waals surface area contributed by atoms with E-state index in [4.69, 9.17) is 14.5 Å². The number of benzene rings is 1. The molecule has 30 heavy (non-hydrogen) atoms. The predicted octanol–water partition coefficient (Wildman–Crippen LogP) is 4.10. The van der Waals surface area contributed by atoms with Crippen LogP contribution >= 0.6 is 0 Å². The molecule has 156 valence electrons. The lowest BCUT2D eigenvalue weighted by Crippen LogP contribution is -2.17. The minimum Gasteiger partial charge on any atom is -0.500 e. The highest BCUT2D eigenvalue weighted by molar-refractivity contribution is 5.83. The largest absolute Gasteiger partial charge is 0.500 e. The molecule has 0 amide bonds. The third-order valence-corrected chi connectivity index (χ3v) is 5.18. The van der Waals surface area contributed by atoms with Gasteiger partial charge in [-0.2, -0.15) is 4.98 Å². The summed E-state index contributed by atoms with van der Waals surface area (Å²) in [5.74, 6) is 3.98. The van der Waals surface area contributed by atoms with Gasteiger partial charge in [0, 0.05) is 42.9 Å². The molecule has 0 radical (unpaired) electrons. The molecule has 0 saturated heterocycles. The van der Waals surface area contributed by atoms with Crippen LogP contribution < -0.4 is 15.4 Å². The molecule has 2 heterocycles. The summed E-state index contributed by atoms with van der Waals surface area (Å²) in [6.45, 7) is 4.09. The number of fused-ring (bicyclic) bond motifs is 1. The van der Waals surface area contributed by atoms with Crippen LogP contribution in [0.5, 0.6) is 5.75 Å². The molecule has 4 rings (SSSR count). The highest BCUT2D eigenvalue weighted by Crippen LogP contribution is 2.35. The average molecular weight is 406 g/mol. The topological polar surface area (TPSA) is 97.0 Å². The Hall–Kier alpha value is -3.55. The maximum Gasteiger partial charge on any atom is 0.229 e. The molecule has 1 unspecified atom stereocenters. The van der Waals surface area contributed by atoms with E-state index >= 15 is 0 Å². The standard InChI is InChI=1S/C22H26N6O2/c1-12-8-19(30-5)15(21-25-16-7-6-14(29-4)10-18(16)26-21)11-17(12)27-22-24-13(2)9-20(23-3)28-22/h6-7,9-12H,8H2,1-5H3,(H,25,26)(H2,23,24,27,28). The summed E-state index contributed by atoms with van der Waals surface area (Å²) in [5.41, 5.74) is 4.59. The number of nitrogens with one attached hydrogen (secondary N) is 3. The number of rotatable bonds is 6. The maximum absolute atomic E-state index is 5.70. The molecule has 2 aromatic heterocycles. The van der Waals surface area contributed by atoms with Gasteiger partial charge >= 0.3 is 0 Å². The van der Waals surface area contributed by atoms with Crippen molar-refractivity contribution < 1.29 is 9.47 Å². The van der Waals surface area contributed by atoms with E-state index in [-0.39, 0.29) is 5.92 Å². The average Bonchev–Trinajstić information content (AvgIpc) is 3.17. The summed E-state index contributed by atoms with van der Waals surface area (Å²) in [4.78, 5) is 17.2. The molecule has 1 aliphatic rings. The first-order chi connectivity index (χ1) is 14.5. The minimum atomic E-state index is 0.218. The Morgan fingerprint density at radius 2 is 1.93 bits per heavy atom. The second-order valence-corrected chi connectivity index (χ2v) is 7.31. The van der Waals surface area contributed by atoms with Crippen LogP contribution in [0.4, 0.5) is 11.8 Å². The van der Waals surface area contributed by atoms with E-state index < -0.39 is 0 Å². The van der Waals surface area contributed by atoms with Gasteiger partial charge in [0.2, 0.25) is 5.95 Å². The molecule has 0 bridgehead atoms. The second-order valence-electron chi connectivity index (χ2n) is 7.31. The van der Waals surface area contributed by atoms with Crippen molar-refractivity contribution in [2.24, 2.45) is 5.92 Å². The Labute approximate surface area is 175 Å². The van der Waals surface area contributed by atoms with Crippen molar-refractivity contribution in [3.8, 4) is 5.75 Å². The summed E-state index contributed by atoms with van der Waals surface area (Å²) in [6.07, 6.45) is 2.81. The zero-order valence-electron chi connectivity index (χ0n) is 17.8. The molecule has 8 nitrogen and oxygen atoms in total. The Bertz CT molecular complexity index is 1150. The summed E-state index contributed by atoms with van der Waals surface area (Å²) >= 11 is 0. The molecule has 0 saturated carbocycles. The molecule has 1 aliphatic carbocycles. The number of hydrogen-bond acceptors (Lipinski definition) is 7. The van der Waals surface area contributed by atoms with Gasteiger partial charge in [0.05, 0.1) is 30.8 Å². The normalized spacial score (nSPS) is 16.4. The minimum absolute atomic E-state index is 0.218. The number of ether oxygens (including phenoxy) is 2. The lowest BCUT2D eigenvalue weighted by atomic mass is 9.92. The van der Waals surface area contributed by atoms with Crippen molar-refractivity contribution in [1.82, 2.24) is 19.9 Å². The predicted molar refractivity (Wildman–Crippen MR) is 118 cm³/mol. The van der Waals surface area contributed by atoms with Crippen LogP contribution in [0.1, 0.15) is 24.9 Å². The quantitative estimate of drug-likeness (QED) is 0.567. The van der Waals surface area contributed by atoms with Crippen LogP contribution in [0, 0.1) is 12.8 Å². The lowest BCUT2D eigenvalue weighted by molar-refractivity contribution is 0.268. The smallest absolute Gasteiger partial charge is 0.229 e. The van der Waals surface area contributed by atoms with E-state index in [1.807, 2.05) is 38.2 Å². The number of H-pyrrole nitrogens is 1. The number of imidazole rings is 1. The molecule has 3 N–H and O–H groups in total. The van der Waals surface area contributed by atoms with Crippen molar-refractivity contribution in [3.63, 3.8) is 0 Å². The number of nitrogens with zero attached hydrogens (tertiary/aromatic N) is 3. The highest BCUT2D eigenvalue weighted by atomic mass is 16.5.